The summed E-state index contributed by atoms with van der Waals surface area (Å²) in [4.78, 5) is 29.0. The summed E-state index contributed by atoms with van der Waals surface area (Å²) in [5, 5.41) is 11.8. The standard InChI is InChI=1S/C17H17N3O3S/c1-4-23-16(22)14-13(10(2)3)19-17(24-14)20-15(21)12-7-5-11(9-18)6-8-12/h5-8,10H,4H2,1-3H3,(H,19,20,21). The molecule has 7 heteroatoms. The van der Waals surface area contributed by atoms with E-state index in [9.17, 15) is 9.59 Å². The van der Waals surface area contributed by atoms with Crippen LogP contribution in [-0.4, -0.2) is 23.5 Å². The van der Waals surface area contributed by atoms with Crippen molar-refractivity contribution in [3.8, 4) is 6.07 Å². The molecule has 0 saturated heterocycles. The fourth-order valence-corrected chi connectivity index (χ4v) is 2.99. The van der Waals surface area contributed by atoms with Gasteiger partial charge in [-0.3, -0.25) is 10.1 Å². The molecule has 1 amide bonds. The lowest BCUT2D eigenvalue weighted by molar-refractivity contribution is 0.0530. The molecule has 1 aromatic heterocycles. The number of thiazole rings is 1. The van der Waals surface area contributed by atoms with Crippen molar-refractivity contribution < 1.29 is 14.3 Å². The molecule has 0 saturated carbocycles. The van der Waals surface area contributed by atoms with E-state index in [0.717, 1.165) is 11.3 Å². The Labute approximate surface area is 144 Å². The van der Waals surface area contributed by atoms with Crippen molar-refractivity contribution >= 4 is 28.3 Å². The van der Waals surface area contributed by atoms with Crippen molar-refractivity contribution in [2.75, 3.05) is 11.9 Å². The molecule has 1 aromatic carbocycles. The molecular formula is C17H17N3O3S. The minimum absolute atomic E-state index is 0.0289. The summed E-state index contributed by atoms with van der Waals surface area (Å²) in [5.74, 6) is -0.752. The van der Waals surface area contributed by atoms with Gasteiger partial charge in [0, 0.05) is 5.56 Å². The SMILES string of the molecule is CCOC(=O)c1sc(NC(=O)c2ccc(C#N)cc2)nc1C(C)C. The van der Waals surface area contributed by atoms with Crippen LogP contribution >= 0.6 is 11.3 Å². The molecule has 0 radical (unpaired) electrons. The number of ether oxygens (including phenoxy) is 1. The Morgan fingerprint density at radius 2 is 2.00 bits per heavy atom. The predicted molar refractivity (Wildman–Crippen MR) is 91.3 cm³/mol. The van der Waals surface area contributed by atoms with Crippen LogP contribution in [0.1, 0.15) is 58.0 Å². The molecule has 0 unspecified atom stereocenters. The van der Waals surface area contributed by atoms with Gasteiger partial charge in [0.05, 0.1) is 23.9 Å². The number of hydrogen-bond donors (Lipinski definition) is 1. The van der Waals surface area contributed by atoms with Crippen LogP contribution in [0.25, 0.3) is 0 Å². The molecule has 0 bridgehead atoms. The second-order valence-electron chi connectivity index (χ2n) is 5.25. The van der Waals surface area contributed by atoms with E-state index in [1.807, 2.05) is 19.9 Å². The van der Waals surface area contributed by atoms with Crippen molar-refractivity contribution in [1.82, 2.24) is 4.98 Å². The average molecular weight is 343 g/mol. The van der Waals surface area contributed by atoms with Gasteiger partial charge >= 0.3 is 5.97 Å². The number of anilines is 1. The maximum Gasteiger partial charge on any atom is 0.350 e. The lowest BCUT2D eigenvalue weighted by Crippen LogP contribution is -2.11. The normalized spacial score (nSPS) is 10.3. The Morgan fingerprint density at radius 1 is 1.33 bits per heavy atom. The number of carbonyl (C=O) groups is 2. The summed E-state index contributed by atoms with van der Waals surface area (Å²) < 4.78 is 5.04. The summed E-state index contributed by atoms with van der Waals surface area (Å²) >= 11 is 1.10. The number of carbonyl (C=O) groups excluding carboxylic acids is 2. The zero-order valence-corrected chi connectivity index (χ0v) is 14.4. The van der Waals surface area contributed by atoms with Crippen LogP contribution in [0.2, 0.25) is 0 Å². The summed E-state index contributed by atoms with van der Waals surface area (Å²) in [6.07, 6.45) is 0. The van der Waals surface area contributed by atoms with E-state index in [2.05, 4.69) is 10.3 Å². The first kappa shape index (κ1) is 17.6. The minimum atomic E-state index is -0.433. The second-order valence-corrected chi connectivity index (χ2v) is 6.25. The summed E-state index contributed by atoms with van der Waals surface area (Å²) in [6.45, 7) is 5.86. The van der Waals surface area contributed by atoms with Gasteiger partial charge in [0.2, 0.25) is 0 Å². The molecular weight excluding hydrogens is 326 g/mol. The van der Waals surface area contributed by atoms with Gasteiger partial charge in [-0.1, -0.05) is 25.2 Å². The first-order valence-corrected chi connectivity index (χ1v) is 8.27. The van der Waals surface area contributed by atoms with Gasteiger partial charge in [-0.25, -0.2) is 9.78 Å². The highest BCUT2D eigenvalue weighted by Crippen LogP contribution is 2.29. The van der Waals surface area contributed by atoms with Crippen LogP contribution in [0.4, 0.5) is 5.13 Å². The van der Waals surface area contributed by atoms with Crippen molar-refractivity contribution in [3.05, 3.63) is 46.0 Å². The first-order valence-electron chi connectivity index (χ1n) is 7.45. The molecule has 1 heterocycles. The van der Waals surface area contributed by atoms with E-state index in [4.69, 9.17) is 10.00 Å². The summed E-state index contributed by atoms with van der Waals surface area (Å²) in [6, 6.07) is 8.27. The summed E-state index contributed by atoms with van der Waals surface area (Å²) in [7, 11) is 0. The Morgan fingerprint density at radius 3 is 2.54 bits per heavy atom. The van der Waals surface area contributed by atoms with Crippen LogP contribution < -0.4 is 5.32 Å². The fraction of sp³-hybridized carbons (Fsp3) is 0.294. The third-order valence-electron chi connectivity index (χ3n) is 3.16. The zero-order chi connectivity index (χ0) is 17.7. The fourth-order valence-electron chi connectivity index (χ4n) is 1.99. The van der Waals surface area contributed by atoms with Crippen molar-refractivity contribution in [1.29, 1.82) is 5.26 Å². The predicted octanol–water partition coefficient (Wildman–Crippen LogP) is 3.57. The highest BCUT2D eigenvalue weighted by atomic mass is 32.1. The highest BCUT2D eigenvalue weighted by Gasteiger charge is 2.22. The number of amides is 1. The van der Waals surface area contributed by atoms with Crippen LogP contribution in [-0.2, 0) is 4.74 Å². The number of aromatic nitrogens is 1. The van der Waals surface area contributed by atoms with Crippen molar-refractivity contribution in [2.45, 2.75) is 26.7 Å². The number of benzene rings is 1. The van der Waals surface area contributed by atoms with E-state index < -0.39 is 5.97 Å². The maximum atomic E-state index is 12.3. The third kappa shape index (κ3) is 3.97. The number of rotatable bonds is 5. The molecule has 2 aromatic rings. The van der Waals surface area contributed by atoms with Crippen LogP contribution in [0.15, 0.2) is 24.3 Å². The first-order chi connectivity index (χ1) is 11.5. The molecule has 0 aliphatic carbocycles. The van der Waals surface area contributed by atoms with E-state index >= 15 is 0 Å². The lowest BCUT2D eigenvalue weighted by Gasteiger charge is -2.04. The van der Waals surface area contributed by atoms with Crippen molar-refractivity contribution in [2.24, 2.45) is 0 Å². The average Bonchev–Trinajstić information content (AvgIpc) is 2.99. The Balaban J connectivity index is 2.22. The van der Waals surface area contributed by atoms with Crippen molar-refractivity contribution in [3.63, 3.8) is 0 Å². The minimum Gasteiger partial charge on any atom is -0.462 e. The van der Waals surface area contributed by atoms with Gasteiger partial charge in [0.1, 0.15) is 4.88 Å². The number of esters is 1. The van der Waals surface area contributed by atoms with Crippen LogP contribution in [0.5, 0.6) is 0 Å². The number of nitrogens with zero attached hydrogens (tertiary/aromatic N) is 2. The van der Waals surface area contributed by atoms with Gasteiger partial charge in [-0.15, -0.1) is 0 Å². The second kappa shape index (κ2) is 7.70. The van der Waals surface area contributed by atoms with E-state index in [1.54, 1.807) is 31.2 Å². The van der Waals surface area contributed by atoms with Crippen LogP contribution in [0, 0.1) is 11.3 Å². The molecule has 0 aliphatic rings. The molecule has 0 atom stereocenters. The smallest absolute Gasteiger partial charge is 0.350 e. The molecule has 1 N–H and O–H groups in total. The summed E-state index contributed by atoms with van der Waals surface area (Å²) in [5.41, 5.74) is 1.49. The Bertz CT molecular complexity index is 788. The molecule has 0 spiro atoms. The van der Waals surface area contributed by atoms with Gasteiger partial charge in [-0.05, 0) is 37.1 Å². The molecule has 24 heavy (non-hydrogen) atoms. The van der Waals surface area contributed by atoms with Gasteiger partial charge < -0.3 is 4.74 Å². The van der Waals surface area contributed by atoms with Gasteiger partial charge in [-0.2, -0.15) is 5.26 Å². The number of nitriles is 1. The molecule has 0 aliphatic heterocycles. The molecule has 2 rings (SSSR count). The lowest BCUT2D eigenvalue weighted by atomic mass is 10.1. The Kier molecular flexibility index (Phi) is 5.66. The monoisotopic (exact) mass is 343 g/mol. The van der Waals surface area contributed by atoms with Gasteiger partial charge in [0.15, 0.2) is 5.13 Å². The van der Waals surface area contributed by atoms with E-state index in [0.29, 0.717) is 26.8 Å². The molecule has 0 fully saturated rings. The van der Waals surface area contributed by atoms with E-state index in [-0.39, 0.29) is 18.4 Å². The topological polar surface area (TPSA) is 92.1 Å². The quantitative estimate of drug-likeness (QED) is 0.838. The largest absolute Gasteiger partial charge is 0.462 e. The zero-order valence-electron chi connectivity index (χ0n) is 13.6. The number of nitrogens with one attached hydrogen (secondary N) is 1. The highest BCUT2D eigenvalue weighted by molar-refractivity contribution is 7.17. The molecule has 124 valence electrons. The van der Waals surface area contributed by atoms with Gasteiger partial charge in [0.25, 0.3) is 5.91 Å². The number of hydrogen-bond acceptors (Lipinski definition) is 6. The van der Waals surface area contributed by atoms with Crippen LogP contribution in [0.3, 0.4) is 0 Å². The maximum absolute atomic E-state index is 12.3. The third-order valence-corrected chi connectivity index (χ3v) is 4.12. The molecule has 6 nitrogen and oxygen atoms in total. The Hall–Kier alpha value is -2.72. The van der Waals surface area contributed by atoms with E-state index in [1.165, 1.54) is 0 Å².